The fraction of sp³-hybridized carbons (Fsp3) is 0.125. The van der Waals surface area contributed by atoms with Crippen LogP contribution in [0.1, 0.15) is 23.3 Å². The number of nitro benzene ring substituents is 1. The van der Waals surface area contributed by atoms with Crippen LogP contribution in [0.3, 0.4) is 0 Å². The molecular weight excluding hydrogens is 313 g/mol. The molecule has 0 fully saturated rings. The molecule has 0 saturated heterocycles. The Morgan fingerprint density at radius 1 is 1.25 bits per heavy atom. The van der Waals surface area contributed by atoms with Crippen molar-refractivity contribution in [3.63, 3.8) is 0 Å². The summed E-state index contributed by atoms with van der Waals surface area (Å²) in [5, 5.41) is 21.1. The number of hydrogen-bond donors (Lipinski definition) is 2. The number of aryl methyl sites for hydroxylation is 1. The molecule has 3 rings (SSSR count). The largest absolute Gasteiger partial charge is 0.366 e. The van der Waals surface area contributed by atoms with Gasteiger partial charge in [-0.2, -0.15) is 5.10 Å². The predicted octanol–water partition coefficient (Wildman–Crippen LogP) is 3.36. The van der Waals surface area contributed by atoms with Gasteiger partial charge in [0.2, 0.25) is 0 Å². The molecule has 24 heavy (non-hydrogen) atoms. The van der Waals surface area contributed by atoms with Gasteiger partial charge in [0, 0.05) is 0 Å². The monoisotopic (exact) mass is 327 g/mol. The van der Waals surface area contributed by atoms with Crippen molar-refractivity contribution in [2.45, 2.75) is 13.0 Å². The highest BCUT2D eigenvalue weighted by Crippen LogP contribution is 2.31. The summed E-state index contributed by atoms with van der Waals surface area (Å²) in [6, 6.07) is 12.2. The third kappa shape index (κ3) is 3.22. The molecule has 3 aromatic rings. The summed E-state index contributed by atoms with van der Waals surface area (Å²) < 4.78 is 13.3. The lowest BCUT2D eigenvalue weighted by molar-refractivity contribution is -0.384. The van der Waals surface area contributed by atoms with Crippen LogP contribution >= 0.6 is 0 Å². The minimum Gasteiger partial charge on any atom is -0.366 e. The Morgan fingerprint density at radius 3 is 2.62 bits per heavy atom. The minimum absolute atomic E-state index is 0.192. The lowest BCUT2D eigenvalue weighted by Crippen LogP contribution is -2.15. The molecule has 2 aromatic carbocycles. The van der Waals surface area contributed by atoms with Gasteiger partial charge < -0.3 is 5.32 Å². The predicted molar refractivity (Wildman–Crippen MR) is 86.1 cm³/mol. The number of nitrogens with one attached hydrogen (secondary N) is 2. The van der Waals surface area contributed by atoms with Crippen molar-refractivity contribution in [2.75, 3.05) is 5.32 Å². The molecule has 0 saturated carbocycles. The van der Waals surface area contributed by atoms with E-state index >= 15 is 0 Å². The smallest absolute Gasteiger partial charge is 0.295 e. The molecule has 1 aromatic heterocycles. The van der Waals surface area contributed by atoms with Gasteiger partial charge in [0.25, 0.3) is 5.69 Å². The first kappa shape index (κ1) is 15.6. The maximum atomic E-state index is 13.3. The van der Waals surface area contributed by atoms with Crippen LogP contribution in [0.25, 0.3) is 0 Å². The molecule has 0 aliphatic rings. The van der Waals surface area contributed by atoms with Crippen LogP contribution in [0, 0.1) is 22.9 Å². The van der Waals surface area contributed by atoms with Crippen LogP contribution in [0.15, 0.2) is 48.5 Å². The van der Waals surface area contributed by atoms with Gasteiger partial charge in [-0.25, -0.2) is 9.37 Å². The topological polar surface area (TPSA) is 96.7 Å². The summed E-state index contributed by atoms with van der Waals surface area (Å²) in [4.78, 5) is 14.9. The van der Waals surface area contributed by atoms with Crippen LogP contribution in [-0.2, 0) is 0 Å². The Bertz CT molecular complexity index is 866. The van der Waals surface area contributed by atoms with Crippen molar-refractivity contribution in [1.82, 2.24) is 15.2 Å². The second-order valence-corrected chi connectivity index (χ2v) is 5.19. The van der Waals surface area contributed by atoms with Crippen molar-refractivity contribution >= 4 is 11.4 Å². The maximum absolute atomic E-state index is 13.3. The molecule has 1 atom stereocenters. The van der Waals surface area contributed by atoms with Crippen molar-refractivity contribution in [2.24, 2.45) is 0 Å². The first-order valence-corrected chi connectivity index (χ1v) is 7.19. The highest BCUT2D eigenvalue weighted by atomic mass is 19.1. The molecule has 0 spiro atoms. The van der Waals surface area contributed by atoms with Gasteiger partial charge in [0.15, 0.2) is 5.82 Å². The number of benzene rings is 2. The molecule has 7 nitrogen and oxygen atoms in total. The zero-order valence-corrected chi connectivity index (χ0v) is 12.7. The van der Waals surface area contributed by atoms with Crippen molar-refractivity contribution < 1.29 is 9.31 Å². The van der Waals surface area contributed by atoms with E-state index in [4.69, 9.17) is 0 Å². The van der Waals surface area contributed by atoms with E-state index in [2.05, 4.69) is 20.5 Å². The third-order valence-corrected chi connectivity index (χ3v) is 3.46. The van der Waals surface area contributed by atoms with E-state index in [0.29, 0.717) is 11.6 Å². The van der Waals surface area contributed by atoms with Crippen LogP contribution in [0.5, 0.6) is 0 Å². The van der Waals surface area contributed by atoms with Gasteiger partial charge in [0.05, 0.1) is 11.0 Å². The molecule has 0 bridgehead atoms. The number of rotatable bonds is 5. The number of hydrogen-bond acceptors (Lipinski definition) is 5. The van der Waals surface area contributed by atoms with E-state index in [1.54, 1.807) is 6.92 Å². The second kappa shape index (κ2) is 6.45. The Morgan fingerprint density at radius 2 is 2.00 bits per heavy atom. The van der Waals surface area contributed by atoms with Gasteiger partial charge >= 0.3 is 0 Å². The average Bonchev–Trinajstić information content (AvgIpc) is 3.00. The lowest BCUT2D eigenvalue weighted by Gasteiger charge is -2.17. The average molecular weight is 327 g/mol. The standard InChI is InChI=1S/C16H14FN5O2/c1-10-18-16(21-20-10)15(11-5-3-2-4-6-11)19-13-8-7-12(17)9-14(13)22(23)24/h2-9,15,19H,1H3,(H,18,20,21). The van der Waals surface area contributed by atoms with E-state index in [0.717, 1.165) is 11.6 Å². The number of anilines is 1. The first-order chi connectivity index (χ1) is 11.5. The SMILES string of the molecule is Cc1nc(C(Nc2ccc(F)cc2[N+](=O)[O-])c2ccccc2)n[nH]1. The summed E-state index contributed by atoms with van der Waals surface area (Å²) in [6.07, 6.45) is 0. The molecule has 8 heteroatoms. The van der Waals surface area contributed by atoms with Gasteiger partial charge in [0.1, 0.15) is 23.4 Å². The zero-order valence-electron chi connectivity index (χ0n) is 12.7. The Balaban J connectivity index is 2.04. The Hall–Kier alpha value is -3.29. The van der Waals surface area contributed by atoms with Gasteiger partial charge in [-0.05, 0) is 24.6 Å². The lowest BCUT2D eigenvalue weighted by atomic mass is 10.1. The van der Waals surface area contributed by atoms with Gasteiger partial charge in [-0.1, -0.05) is 30.3 Å². The molecule has 1 heterocycles. The normalized spacial score (nSPS) is 11.9. The van der Waals surface area contributed by atoms with Crippen molar-refractivity contribution in [3.8, 4) is 0 Å². The van der Waals surface area contributed by atoms with Gasteiger partial charge in [-0.3, -0.25) is 15.2 Å². The van der Waals surface area contributed by atoms with Crippen LogP contribution < -0.4 is 5.32 Å². The fourth-order valence-electron chi connectivity index (χ4n) is 2.36. The van der Waals surface area contributed by atoms with Crippen molar-refractivity contribution in [3.05, 3.63) is 81.7 Å². The number of nitrogens with zero attached hydrogens (tertiary/aromatic N) is 3. The van der Waals surface area contributed by atoms with Crippen LogP contribution in [0.2, 0.25) is 0 Å². The minimum atomic E-state index is -0.669. The van der Waals surface area contributed by atoms with E-state index in [9.17, 15) is 14.5 Å². The number of nitro groups is 1. The molecule has 0 amide bonds. The third-order valence-electron chi connectivity index (χ3n) is 3.46. The number of halogens is 1. The Kier molecular flexibility index (Phi) is 4.19. The molecule has 122 valence electrons. The van der Waals surface area contributed by atoms with E-state index in [-0.39, 0.29) is 11.4 Å². The molecule has 0 aliphatic carbocycles. The maximum Gasteiger partial charge on any atom is 0.295 e. The van der Waals surface area contributed by atoms with Crippen molar-refractivity contribution in [1.29, 1.82) is 0 Å². The van der Waals surface area contributed by atoms with Crippen LogP contribution in [0.4, 0.5) is 15.8 Å². The molecule has 0 aliphatic heterocycles. The van der Waals surface area contributed by atoms with Crippen LogP contribution in [-0.4, -0.2) is 20.1 Å². The second-order valence-electron chi connectivity index (χ2n) is 5.19. The number of aromatic nitrogens is 3. The highest BCUT2D eigenvalue weighted by molar-refractivity contribution is 5.63. The summed E-state index contributed by atoms with van der Waals surface area (Å²) in [7, 11) is 0. The number of aromatic amines is 1. The van der Waals surface area contributed by atoms with E-state index < -0.39 is 16.8 Å². The Labute approximate surface area is 136 Å². The summed E-state index contributed by atoms with van der Waals surface area (Å²) in [5.74, 6) is 0.399. The zero-order chi connectivity index (χ0) is 17.1. The fourth-order valence-corrected chi connectivity index (χ4v) is 2.36. The molecule has 1 unspecified atom stereocenters. The summed E-state index contributed by atoms with van der Waals surface area (Å²) in [5.41, 5.74) is 0.677. The van der Waals surface area contributed by atoms with E-state index in [1.807, 2.05) is 30.3 Å². The summed E-state index contributed by atoms with van der Waals surface area (Å²) >= 11 is 0. The highest BCUT2D eigenvalue weighted by Gasteiger charge is 2.23. The summed E-state index contributed by atoms with van der Waals surface area (Å²) in [6.45, 7) is 1.76. The first-order valence-electron chi connectivity index (χ1n) is 7.19. The molecular formula is C16H14FN5O2. The number of H-pyrrole nitrogens is 1. The van der Waals surface area contributed by atoms with E-state index in [1.165, 1.54) is 12.1 Å². The molecule has 2 N–H and O–H groups in total. The quantitative estimate of drug-likeness (QED) is 0.553. The van der Waals surface area contributed by atoms with Gasteiger partial charge in [-0.15, -0.1) is 0 Å². The molecule has 0 radical (unpaired) electrons.